The van der Waals surface area contributed by atoms with Crippen LogP contribution in [-0.2, 0) is 0 Å². The van der Waals surface area contributed by atoms with Gasteiger partial charge in [-0.05, 0) is 108 Å². The molecule has 1 aliphatic rings. The van der Waals surface area contributed by atoms with Crippen LogP contribution < -0.4 is 25.6 Å². The molecule has 11 aromatic carbocycles. The molecule has 0 unspecified atom stereocenters. The van der Waals surface area contributed by atoms with Gasteiger partial charge in [0.2, 0.25) is 0 Å². The minimum absolute atomic E-state index is 0.182. The molecule has 0 bridgehead atoms. The number of hydrogen-bond donors (Lipinski definition) is 0. The standard InChI is InChI=1S/C67H47NOSi/c1-4-17-54(18-5-1)70(55-19-6-2-7-20-55,56-21-8-3-9-22-56)57-45-37-48(38-46-57)47-31-39-51(40-32-47)68(52-41-33-49(34-42-52)58-28-16-29-64-61-25-14-15-30-65(61)69-67(58)64)53-43-35-50(36-44-53)66-62-26-12-10-23-59(62)60-24-11-13-27-63(60)66/h1-46,66H. The van der Waals surface area contributed by atoms with Gasteiger partial charge >= 0.3 is 0 Å². The molecule has 0 N–H and O–H groups in total. The average Bonchev–Trinajstić information content (AvgIpc) is 3.99. The maximum atomic E-state index is 6.47. The molecule has 0 fully saturated rings. The summed E-state index contributed by atoms with van der Waals surface area (Å²) < 4.78 is 6.47. The van der Waals surface area contributed by atoms with E-state index in [0.29, 0.717) is 0 Å². The Balaban J connectivity index is 0.879. The van der Waals surface area contributed by atoms with Gasteiger partial charge in [-0.2, -0.15) is 0 Å². The highest BCUT2D eigenvalue weighted by Gasteiger charge is 2.41. The quantitative estimate of drug-likeness (QED) is 0.100. The first kappa shape index (κ1) is 41.4. The van der Waals surface area contributed by atoms with Gasteiger partial charge in [0.05, 0.1) is 0 Å². The Morgan fingerprint density at radius 1 is 0.300 bits per heavy atom. The SMILES string of the molecule is c1ccc([Si](c2ccccc2)(c2ccccc2)c2ccc(-c3ccc(N(c4ccc(-c5cccc6c5oc5ccccc56)cc4)c4ccc(C5c6ccccc6-c6ccccc65)cc4)cc3)cc2)cc1. The normalized spacial score (nSPS) is 12.2. The number of rotatable bonds is 10. The zero-order valence-corrected chi connectivity index (χ0v) is 39.5. The van der Waals surface area contributed by atoms with Gasteiger partial charge in [0, 0.05) is 39.3 Å². The third kappa shape index (κ3) is 6.93. The molecule has 0 spiro atoms. The van der Waals surface area contributed by atoms with Crippen LogP contribution >= 0.6 is 0 Å². The van der Waals surface area contributed by atoms with Gasteiger partial charge in [-0.15, -0.1) is 0 Å². The van der Waals surface area contributed by atoms with Crippen molar-refractivity contribution in [1.29, 1.82) is 0 Å². The van der Waals surface area contributed by atoms with Gasteiger partial charge in [-0.25, -0.2) is 0 Å². The van der Waals surface area contributed by atoms with Crippen molar-refractivity contribution in [1.82, 2.24) is 0 Å². The smallest absolute Gasteiger partial charge is 0.179 e. The predicted molar refractivity (Wildman–Crippen MR) is 296 cm³/mol. The molecule has 0 amide bonds. The summed E-state index contributed by atoms with van der Waals surface area (Å²) >= 11 is 0. The predicted octanol–water partition coefficient (Wildman–Crippen LogP) is 14.9. The Morgan fingerprint density at radius 3 is 1.24 bits per heavy atom. The minimum atomic E-state index is -2.63. The Bertz CT molecular complexity index is 3650. The highest BCUT2D eigenvalue weighted by Crippen LogP contribution is 2.48. The number of nitrogens with zero attached hydrogens (tertiary/aromatic N) is 1. The fourth-order valence-corrected chi connectivity index (χ4v) is 16.1. The van der Waals surface area contributed by atoms with Crippen molar-refractivity contribution in [2.24, 2.45) is 0 Å². The molecule has 3 heteroatoms. The first-order valence-corrected chi connectivity index (χ1v) is 26.2. The number of fused-ring (bicyclic) bond motifs is 6. The van der Waals surface area contributed by atoms with E-state index in [-0.39, 0.29) is 5.92 Å². The molecule has 0 aliphatic heterocycles. The van der Waals surface area contributed by atoms with Crippen molar-refractivity contribution >= 4 is 67.8 Å². The minimum Gasteiger partial charge on any atom is -0.455 e. The topological polar surface area (TPSA) is 16.4 Å². The summed E-state index contributed by atoms with van der Waals surface area (Å²) in [7, 11) is -2.63. The summed E-state index contributed by atoms with van der Waals surface area (Å²) in [6, 6.07) is 102. The Labute approximate surface area is 410 Å². The highest BCUT2D eigenvalue weighted by atomic mass is 28.3. The van der Waals surface area contributed by atoms with E-state index in [1.807, 2.05) is 12.1 Å². The van der Waals surface area contributed by atoms with Crippen LogP contribution in [0.2, 0.25) is 0 Å². The second kappa shape index (κ2) is 17.4. The summed E-state index contributed by atoms with van der Waals surface area (Å²) in [5.74, 6) is 0.182. The van der Waals surface area contributed by atoms with Crippen LogP contribution in [0, 0.1) is 0 Å². The van der Waals surface area contributed by atoms with E-state index in [1.54, 1.807) is 0 Å². The van der Waals surface area contributed by atoms with E-state index < -0.39 is 8.07 Å². The van der Waals surface area contributed by atoms with Crippen LogP contribution in [0.4, 0.5) is 17.1 Å². The Hall–Kier alpha value is -8.76. The third-order valence-corrected chi connectivity index (χ3v) is 19.4. The van der Waals surface area contributed by atoms with Crippen LogP contribution in [0.15, 0.2) is 283 Å². The van der Waals surface area contributed by atoms with Crippen molar-refractivity contribution in [3.8, 4) is 33.4 Å². The van der Waals surface area contributed by atoms with Gasteiger partial charge in [0.15, 0.2) is 8.07 Å². The summed E-state index contributed by atoms with van der Waals surface area (Å²) in [5, 5.41) is 7.73. The lowest BCUT2D eigenvalue weighted by Gasteiger charge is -2.34. The van der Waals surface area contributed by atoms with Crippen molar-refractivity contribution in [3.05, 3.63) is 296 Å². The van der Waals surface area contributed by atoms with Crippen LogP contribution in [0.3, 0.4) is 0 Å². The molecule has 1 heterocycles. The molecule has 2 nitrogen and oxygen atoms in total. The fourth-order valence-electron chi connectivity index (χ4n) is 11.3. The molecule has 12 aromatic rings. The van der Waals surface area contributed by atoms with Gasteiger partial charge in [0.25, 0.3) is 0 Å². The molecular formula is C67H47NOSi. The van der Waals surface area contributed by atoms with Gasteiger partial charge in [0.1, 0.15) is 11.2 Å². The first-order chi connectivity index (χ1) is 34.7. The molecule has 70 heavy (non-hydrogen) atoms. The van der Waals surface area contributed by atoms with Gasteiger partial charge in [-0.1, -0.05) is 237 Å². The summed E-state index contributed by atoms with van der Waals surface area (Å²) in [6.45, 7) is 0. The number of anilines is 3. The van der Waals surface area contributed by atoms with E-state index in [1.165, 1.54) is 59.7 Å². The number of furan rings is 1. The average molecular weight is 910 g/mol. The molecular weight excluding hydrogens is 863 g/mol. The first-order valence-electron chi connectivity index (χ1n) is 24.2. The molecule has 330 valence electrons. The molecule has 1 aliphatic carbocycles. The van der Waals surface area contributed by atoms with E-state index >= 15 is 0 Å². The zero-order valence-electron chi connectivity index (χ0n) is 38.5. The zero-order chi connectivity index (χ0) is 46.4. The van der Waals surface area contributed by atoms with Crippen molar-refractivity contribution in [3.63, 3.8) is 0 Å². The fraction of sp³-hybridized carbons (Fsp3) is 0.0149. The lowest BCUT2D eigenvalue weighted by molar-refractivity contribution is 0.670. The van der Waals surface area contributed by atoms with E-state index in [0.717, 1.165) is 50.1 Å². The number of benzene rings is 11. The van der Waals surface area contributed by atoms with Crippen molar-refractivity contribution < 1.29 is 4.42 Å². The van der Waals surface area contributed by atoms with Crippen LogP contribution in [0.25, 0.3) is 55.3 Å². The molecule has 0 saturated carbocycles. The van der Waals surface area contributed by atoms with Crippen molar-refractivity contribution in [2.45, 2.75) is 5.92 Å². The second-order valence-corrected chi connectivity index (χ2v) is 22.1. The Morgan fingerprint density at radius 2 is 0.700 bits per heavy atom. The van der Waals surface area contributed by atoms with Crippen LogP contribution in [-0.4, -0.2) is 8.07 Å². The largest absolute Gasteiger partial charge is 0.455 e. The highest BCUT2D eigenvalue weighted by molar-refractivity contribution is 7.19. The van der Waals surface area contributed by atoms with E-state index in [2.05, 4.69) is 272 Å². The maximum Gasteiger partial charge on any atom is 0.179 e. The summed E-state index contributed by atoms with van der Waals surface area (Å²) in [6.07, 6.45) is 0. The second-order valence-electron chi connectivity index (χ2n) is 18.3. The maximum absolute atomic E-state index is 6.47. The molecule has 0 atom stereocenters. The number of hydrogen-bond acceptors (Lipinski definition) is 2. The number of para-hydroxylation sites is 2. The molecule has 13 rings (SSSR count). The molecule has 1 aromatic heterocycles. The van der Waals surface area contributed by atoms with Crippen LogP contribution in [0.5, 0.6) is 0 Å². The summed E-state index contributed by atoms with van der Waals surface area (Å²) in [4.78, 5) is 2.37. The van der Waals surface area contributed by atoms with Crippen LogP contribution in [0.1, 0.15) is 22.6 Å². The Kier molecular flexibility index (Phi) is 10.3. The lowest BCUT2D eigenvalue weighted by atomic mass is 9.89. The van der Waals surface area contributed by atoms with Crippen molar-refractivity contribution in [2.75, 3.05) is 4.90 Å². The van der Waals surface area contributed by atoms with E-state index in [9.17, 15) is 0 Å². The van der Waals surface area contributed by atoms with E-state index in [4.69, 9.17) is 4.42 Å². The van der Waals surface area contributed by atoms with Gasteiger partial charge < -0.3 is 9.32 Å². The summed E-state index contributed by atoms with van der Waals surface area (Å²) in [5.41, 5.74) is 16.3. The lowest BCUT2D eigenvalue weighted by Crippen LogP contribution is -2.74. The van der Waals surface area contributed by atoms with Gasteiger partial charge in [-0.3, -0.25) is 0 Å². The third-order valence-electron chi connectivity index (χ3n) is 14.6. The molecule has 0 saturated heterocycles. The molecule has 0 radical (unpaired) electrons. The monoisotopic (exact) mass is 909 g/mol.